The third kappa shape index (κ3) is 3.85. The lowest BCUT2D eigenvalue weighted by molar-refractivity contribution is 0.325. The minimum absolute atomic E-state index is 0.504. The zero-order chi connectivity index (χ0) is 12.1. The lowest BCUT2D eigenvalue weighted by atomic mass is 10.2. The predicted molar refractivity (Wildman–Crippen MR) is 68.7 cm³/mol. The van der Waals surface area contributed by atoms with E-state index in [2.05, 4.69) is 54.6 Å². The molecular formula is C12H24N4. The molecule has 1 aromatic heterocycles. The molecule has 0 saturated heterocycles. The van der Waals surface area contributed by atoms with Crippen LogP contribution in [0.3, 0.4) is 0 Å². The Morgan fingerprint density at radius 2 is 2.06 bits per heavy atom. The van der Waals surface area contributed by atoms with Crippen LogP contribution in [-0.2, 0) is 6.54 Å². The summed E-state index contributed by atoms with van der Waals surface area (Å²) in [6, 6.07) is 0.504. The van der Waals surface area contributed by atoms with Crippen LogP contribution in [0, 0.1) is 5.92 Å². The van der Waals surface area contributed by atoms with Crippen LogP contribution in [0.15, 0.2) is 12.4 Å². The van der Waals surface area contributed by atoms with Crippen LogP contribution in [0.2, 0.25) is 0 Å². The first-order valence-corrected chi connectivity index (χ1v) is 5.92. The number of nitrogens with one attached hydrogen (secondary N) is 1. The van der Waals surface area contributed by atoms with Crippen molar-refractivity contribution in [3.8, 4) is 0 Å². The van der Waals surface area contributed by atoms with Gasteiger partial charge in [0.15, 0.2) is 0 Å². The Kier molecular flexibility index (Phi) is 4.80. The molecule has 0 aromatic carbocycles. The van der Waals surface area contributed by atoms with Gasteiger partial charge in [-0.1, -0.05) is 13.8 Å². The second-order valence-corrected chi connectivity index (χ2v) is 4.99. The largest absolute Gasteiger partial charge is 0.354 e. The number of hydrogen-bond acceptors (Lipinski definition) is 3. The van der Waals surface area contributed by atoms with E-state index in [-0.39, 0.29) is 0 Å². The van der Waals surface area contributed by atoms with E-state index in [0.29, 0.717) is 12.0 Å². The van der Waals surface area contributed by atoms with E-state index in [9.17, 15) is 0 Å². The summed E-state index contributed by atoms with van der Waals surface area (Å²) in [4.78, 5) is 6.53. The molecule has 1 atom stereocenters. The maximum Gasteiger partial charge on any atom is 0.202 e. The van der Waals surface area contributed by atoms with Crippen molar-refractivity contribution in [2.24, 2.45) is 5.92 Å². The van der Waals surface area contributed by atoms with Crippen molar-refractivity contribution < 1.29 is 0 Å². The number of hydrogen-bond donors (Lipinski definition) is 1. The molecule has 0 spiro atoms. The molecule has 4 heteroatoms. The molecule has 0 saturated carbocycles. The van der Waals surface area contributed by atoms with Crippen LogP contribution in [0.1, 0.15) is 20.8 Å². The number of anilines is 1. The van der Waals surface area contributed by atoms with Gasteiger partial charge in [-0.3, -0.25) is 0 Å². The monoisotopic (exact) mass is 224 g/mol. The molecule has 1 unspecified atom stereocenters. The molecule has 0 radical (unpaired) electrons. The third-order valence-electron chi connectivity index (χ3n) is 2.71. The number of imidazole rings is 1. The van der Waals surface area contributed by atoms with Gasteiger partial charge in [0.2, 0.25) is 5.95 Å². The van der Waals surface area contributed by atoms with Gasteiger partial charge in [0.25, 0.3) is 0 Å². The lowest BCUT2D eigenvalue weighted by Crippen LogP contribution is -2.32. The average Bonchev–Trinajstić information content (AvgIpc) is 2.60. The van der Waals surface area contributed by atoms with Crippen LogP contribution in [0.5, 0.6) is 0 Å². The highest BCUT2D eigenvalue weighted by Crippen LogP contribution is 2.08. The Morgan fingerprint density at radius 3 is 2.62 bits per heavy atom. The van der Waals surface area contributed by atoms with Crippen molar-refractivity contribution in [3.63, 3.8) is 0 Å². The third-order valence-corrected chi connectivity index (χ3v) is 2.71. The van der Waals surface area contributed by atoms with Crippen molar-refractivity contribution in [1.82, 2.24) is 14.5 Å². The summed E-state index contributed by atoms with van der Waals surface area (Å²) in [6.07, 6.45) is 3.88. The Labute approximate surface area is 98.7 Å². The van der Waals surface area contributed by atoms with Gasteiger partial charge in [-0.25, -0.2) is 4.98 Å². The highest BCUT2D eigenvalue weighted by Gasteiger charge is 2.07. The molecule has 92 valence electrons. The summed E-state index contributed by atoms with van der Waals surface area (Å²) >= 11 is 0. The molecule has 0 amide bonds. The Balaban J connectivity index is 2.50. The Hall–Kier alpha value is -1.03. The van der Waals surface area contributed by atoms with E-state index in [4.69, 9.17) is 0 Å². The molecule has 0 aliphatic carbocycles. The smallest absolute Gasteiger partial charge is 0.202 e. The van der Waals surface area contributed by atoms with Gasteiger partial charge in [0, 0.05) is 31.5 Å². The van der Waals surface area contributed by atoms with Crippen molar-refractivity contribution in [1.29, 1.82) is 0 Å². The summed E-state index contributed by atoms with van der Waals surface area (Å²) in [5.74, 6) is 1.61. The maximum absolute atomic E-state index is 4.33. The summed E-state index contributed by atoms with van der Waals surface area (Å²) in [6.45, 7) is 8.56. The quantitative estimate of drug-likeness (QED) is 0.801. The van der Waals surface area contributed by atoms with Gasteiger partial charge in [0.05, 0.1) is 0 Å². The molecule has 1 aromatic rings. The number of rotatable bonds is 6. The second-order valence-electron chi connectivity index (χ2n) is 4.99. The fourth-order valence-corrected chi connectivity index (χ4v) is 1.44. The van der Waals surface area contributed by atoms with Gasteiger partial charge in [0.1, 0.15) is 0 Å². The van der Waals surface area contributed by atoms with Crippen LogP contribution < -0.4 is 5.32 Å². The van der Waals surface area contributed by atoms with Gasteiger partial charge >= 0.3 is 0 Å². The first-order valence-electron chi connectivity index (χ1n) is 5.92. The molecule has 4 nitrogen and oxygen atoms in total. The highest BCUT2D eigenvalue weighted by molar-refractivity contribution is 5.26. The van der Waals surface area contributed by atoms with Gasteiger partial charge in [-0.05, 0) is 26.9 Å². The number of nitrogens with zero attached hydrogens (tertiary/aromatic N) is 3. The minimum atomic E-state index is 0.504. The fraction of sp³-hybridized carbons (Fsp3) is 0.750. The van der Waals surface area contributed by atoms with Gasteiger partial charge in [-0.15, -0.1) is 0 Å². The van der Waals surface area contributed by atoms with Crippen molar-refractivity contribution >= 4 is 5.95 Å². The van der Waals surface area contributed by atoms with E-state index in [0.717, 1.165) is 19.0 Å². The van der Waals surface area contributed by atoms with Gasteiger partial charge in [-0.2, -0.15) is 0 Å². The molecule has 1 heterocycles. The first kappa shape index (κ1) is 13.0. The normalized spacial score (nSPS) is 13.4. The van der Waals surface area contributed by atoms with Crippen molar-refractivity contribution in [2.45, 2.75) is 33.4 Å². The summed E-state index contributed by atoms with van der Waals surface area (Å²) in [5.41, 5.74) is 0. The van der Waals surface area contributed by atoms with Crippen LogP contribution in [0.25, 0.3) is 0 Å². The van der Waals surface area contributed by atoms with Crippen LogP contribution >= 0.6 is 0 Å². The van der Waals surface area contributed by atoms with E-state index in [1.807, 2.05) is 12.4 Å². The van der Waals surface area contributed by atoms with Crippen LogP contribution in [0.4, 0.5) is 5.95 Å². The average molecular weight is 224 g/mol. The van der Waals surface area contributed by atoms with Crippen LogP contribution in [-0.4, -0.2) is 41.1 Å². The highest BCUT2D eigenvalue weighted by atomic mass is 15.2. The Morgan fingerprint density at radius 1 is 1.38 bits per heavy atom. The molecule has 0 aliphatic rings. The van der Waals surface area contributed by atoms with E-state index < -0.39 is 0 Å². The summed E-state index contributed by atoms with van der Waals surface area (Å²) < 4.78 is 2.17. The van der Waals surface area contributed by atoms with E-state index in [1.165, 1.54) is 0 Å². The number of aromatic nitrogens is 2. The zero-order valence-electron chi connectivity index (χ0n) is 11.1. The Bertz CT molecular complexity index is 304. The molecule has 16 heavy (non-hydrogen) atoms. The summed E-state index contributed by atoms with van der Waals surface area (Å²) in [7, 11) is 4.18. The lowest BCUT2D eigenvalue weighted by Gasteiger charge is -2.20. The van der Waals surface area contributed by atoms with Gasteiger partial charge < -0.3 is 14.8 Å². The standard InChI is InChI=1S/C12H24N4/c1-10(2)9-16-7-6-13-12(16)14-8-11(3)15(4)5/h6-7,10-11H,8-9H2,1-5H3,(H,13,14). The molecular weight excluding hydrogens is 200 g/mol. The molecule has 1 rings (SSSR count). The predicted octanol–water partition coefficient (Wildman–Crippen LogP) is 1.90. The number of likely N-dealkylation sites (N-methyl/N-ethyl adjacent to an activating group) is 1. The molecule has 0 aliphatic heterocycles. The molecule has 1 N–H and O–H groups in total. The molecule has 0 bridgehead atoms. The molecule has 0 fully saturated rings. The zero-order valence-corrected chi connectivity index (χ0v) is 11.1. The minimum Gasteiger partial charge on any atom is -0.354 e. The van der Waals surface area contributed by atoms with E-state index >= 15 is 0 Å². The second kappa shape index (κ2) is 5.89. The summed E-state index contributed by atoms with van der Waals surface area (Å²) in [5, 5.41) is 3.39. The van der Waals surface area contributed by atoms with Crippen molar-refractivity contribution in [3.05, 3.63) is 12.4 Å². The SMILES string of the molecule is CC(C)Cn1ccnc1NCC(C)N(C)C. The van der Waals surface area contributed by atoms with Crippen molar-refractivity contribution in [2.75, 3.05) is 26.0 Å². The fourth-order valence-electron chi connectivity index (χ4n) is 1.44. The van der Waals surface area contributed by atoms with E-state index in [1.54, 1.807) is 0 Å². The topological polar surface area (TPSA) is 33.1 Å². The first-order chi connectivity index (χ1) is 7.50. The maximum atomic E-state index is 4.33.